The molecule has 0 unspecified atom stereocenters. The van der Waals surface area contributed by atoms with Crippen LogP contribution in [0.2, 0.25) is 24.7 Å². The number of halogens is 1. The van der Waals surface area contributed by atoms with Gasteiger partial charge in [-0.1, -0.05) is 38.7 Å². The molecule has 6 nitrogen and oxygen atoms in total. The van der Waals surface area contributed by atoms with Crippen molar-refractivity contribution in [1.29, 1.82) is 0 Å². The number of hydrogen-bond acceptors (Lipinski definition) is 3. The summed E-state index contributed by atoms with van der Waals surface area (Å²) in [6, 6.07) is 4.47. The molecule has 1 aliphatic carbocycles. The maximum Gasteiger partial charge on any atom is 0.322 e. The van der Waals surface area contributed by atoms with Crippen molar-refractivity contribution in [1.82, 2.24) is 10.2 Å². The second-order valence-corrected chi connectivity index (χ2v) is 16.1. The Morgan fingerprint density at radius 1 is 1.19 bits per heavy atom. The number of carbonyl (C=O) groups excluding carboxylic acids is 2. The Bertz CT molecular complexity index is 1050. The Morgan fingerprint density at radius 2 is 1.88 bits per heavy atom. The summed E-state index contributed by atoms with van der Waals surface area (Å²) in [6.07, 6.45) is 2.50. The minimum Gasteiger partial charge on any atom is -0.311 e. The summed E-state index contributed by atoms with van der Waals surface area (Å²) in [5, 5.41) is 5.68. The van der Waals surface area contributed by atoms with E-state index < -0.39 is 19.4 Å². The summed E-state index contributed by atoms with van der Waals surface area (Å²) in [6.45, 7) is 13.4. The van der Waals surface area contributed by atoms with E-state index in [-0.39, 0.29) is 22.7 Å². The van der Waals surface area contributed by atoms with Crippen LogP contribution in [0.25, 0.3) is 0 Å². The van der Waals surface area contributed by atoms with Gasteiger partial charge in [-0.2, -0.15) is 0 Å². The van der Waals surface area contributed by atoms with E-state index in [2.05, 4.69) is 35.3 Å². The van der Waals surface area contributed by atoms with E-state index in [0.717, 1.165) is 29.6 Å². The van der Waals surface area contributed by atoms with E-state index in [1.807, 2.05) is 26.8 Å². The molecule has 8 heteroatoms. The molecule has 1 fully saturated rings. The molecule has 2 aliphatic heterocycles. The fourth-order valence-electron chi connectivity index (χ4n) is 5.03. The number of rotatable bonds is 4. The largest absolute Gasteiger partial charge is 0.322 e. The van der Waals surface area contributed by atoms with E-state index in [9.17, 15) is 14.0 Å². The molecule has 0 saturated heterocycles. The van der Waals surface area contributed by atoms with Gasteiger partial charge in [0.15, 0.2) is 0 Å². The molecule has 1 aromatic rings. The van der Waals surface area contributed by atoms with Gasteiger partial charge in [-0.25, -0.2) is 9.18 Å². The Morgan fingerprint density at radius 3 is 2.47 bits per heavy atom. The first-order chi connectivity index (χ1) is 14.9. The van der Waals surface area contributed by atoms with Gasteiger partial charge in [0.2, 0.25) is 5.91 Å². The molecule has 0 spiro atoms. The first kappa shape index (κ1) is 22.7. The highest BCUT2D eigenvalue weighted by Crippen LogP contribution is 2.60. The van der Waals surface area contributed by atoms with E-state index >= 15 is 0 Å². The van der Waals surface area contributed by atoms with Crippen LogP contribution in [0.15, 0.2) is 34.3 Å². The molecule has 172 valence electrons. The number of benzene rings is 1. The van der Waals surface area contributed by atoms with Gasteiger partial charge < -0.3 is 15.5 Å². The van der Waals surface area contributed by atoms with Gasteiger partial charge in [0.1, 0.15) is 11.7 Å². The number of carbonyl (C=O) groups is 2. The molecule has 1 aromatic carbocycles. The summed E-state index contributed by atoms with van der Waals surface area (Å²) in [7, 11) is -1.65. The lowest BCUT2D eigenvalue weighted by atomic mass is 9.94. The summed E-state index contributed by atoms with van der Waals surface area (Å²) < 4.78 is 14.4. The first-order valence-electron chi connectivity index (χ1n) is 11.4. The van der Waals surface area contributed by atoms with Crippen molar-refractivity contribution in [2.45, 2.75) is 70.3 Å². The summed E-state index contributed by atoms with van der Waals surface area (Å²) in [4.78, 5) is 32.7. The summed E-state index contributed by atoms with van der Waals surface area (Å²) in [5.74, 6) is 0.229. The molecular weight excluding hydrogens is 423 g/mol. The summed E-state index contributed by atoms with van der Waals surface area (Å²) >= 11 is 0. The number of hydrogen-bond donors (Lipinski definition) is 2. The van der Waals surface area contributed by atoms with Gasteiger partial charge >= 0.3 is 6.03 Å². The van der Waals surface area contributed by atoms with E-state index in [0.29, 0.717) is 25.3 Å². The zero-order chi connectivity index (χ0) is 23.5. The van der Waals surface area contributed by atoms with Crippen LogP contribution < -0.4 is 10.6 Å². The number of para-hydroxylation sites is 1. The topological polar surface area (TPSA) is 73.8 Å². The van der Waals surface area contributed by atoms with Gasteiger partial charge in [-0.15, -0.1) is 0 Å². The molecule has 2 N–H and O–H groups in total. The molecule has 32 heavy (non-hydrogen) atoms. The van der Waals surface area contributed by atoms with Crippen molar-refractivity contribution < 1.29 is 14.0 Å². The van der Waals surface area contributed by atoms with Gasteiger partial charge in [0.05, 0.1) is 32.4 Å². The standard InChI is InChI=1S/C24H33FN4O2Si/c1-7-15-9-8-10-18(25)19(15)27-22(31)29-14-16-17(23(29,2)3)13-26-20(16)28-21(30)24(11-12-24)32(4,5)6/h8-10H,7,11-14H2,1-6H3,(H,27,31)(H,26,28,30). The lowest BCUT2D eigenvalue weighted by Gasteiger charge is -2.34. The molecule has 1 saturated carbocycles. The zero-order valence-corrected chi connectivity index (χ0v) is 20.9. The van der Waals surface area contributed by atoms with Gasteiger partial charge in [-0.3, -0.25) is 9.79 Å². The maximum absolute atomic E-state index is 14.4. The lowest BCUT2D eigenvalue weighted by molar-refractivity contribution is -0.120. The molecule has 0 aromatic heterocycles. The van der Waals surface area contributed by atoms with Crippen LogP contribution in [-0.2, 0) is 11.2 Å². The number of urea groups is 1. The average Bonchev–Trinajstić information content (AvgIpc) is 3.38. The third-order valence-electron chi connectivity index (χ3n) is 7.59. The number of amides is 3. The first-order valence-corrected chi connectivity index (χ1v) is 14.9. The van der Waals surface area contributed by atoms with Crippen LogP contribution in [0.1, 0.15) is 39.2 Å². The Kier molecular flexibility index (Phi) is 5.35. The zero-order valence-electron chi connectivity index (χ0n) is 19.9. The molecule has 2 heterocycles. The van der Waals surface area contributed by atoms with E-state index in [1.165, 1.54) is 6.07 Å². The number of aryl methyl sites for hydroxylation is 1. The molecule has 0 bridgehead atoms. The predicted octanol–water partition coefficient (Wildman–Crippen LogP) is 4.71. The number of anilines is 1. The Labute approximate surface area is 190 Å². The number of amidine groups is 1. The highest BCUT2D eigenvalue weighted by Gasteiger charge is 2.59. The molecule has 3 amide bonds. The quantitative estimate of drug-likeness (QED) is 0.644. The fraction of sp³-hybridized carbons (Fsp3) is 0.542. The van der Waals surface area contributed by atoms with E-state index in [4.69, 9.17) is 0 Å². The van der Waals surface area contributed by atoms with Crippen LogP contribution in [0.4, 0.5) is 14.9 Å². The molecular formula is C24H33FN4O2Si. The van der Waals surface area contributed by atoms with Gasteiger partial charge in [0, 0.05) is 10.6 Å². The number of nitrogens with one attached hydrogen (secondary N) is 2. The molecule has 0 radical (unpaired) electrons. The van der Waals surface area contributed by atoms with Crippen LogP contribution in [0.5, 0.6) is 0 Å². The van der Waals surface area contributed by atoms with Gasteiger partial charge in [-0.05, 0) is 50.3 Å². The monoisotopic (exact) mass is 456 g/mol. The SMILES string of the molecule is CCc1cccc(F)c1NC(=O)N1CC2=C(CN=C2NC(=O)C2([Si](C)(C)C)CC2)C1(C)C. The van der Waals surface area contributed by atoms with Gasteiger partial charge in [0.25, 0.3) is 0 Å². The van der Waals surface area contributed by atoms with E-state index in [1.54, 1.807) is 11.0 Å². The third-order valence-corrected chi connectivity index (χ3v) is 11.2. The van der Waals surface area contributed by atoms with Crippen molar-refractivity contribution in [3.8, 4) is 0 Å². The highest BCUT2D eigenvalue weighted by molar-refractivity contribution is 6.83. The average molecular weight is 457 g/mol. The third kappa shape index (κ3) is 3.48. The lowest BCUT2D eigenvalue weighted by Crippen LogP contribution is -2.48. The fourth-order valence-corrected chi connectivity index (χ4v) is 7.40. The van der Waals surface area contributed by atoms with Crippen molar-refractivity contribution >= 4 is 31.5 Å². The van der Waals surface area contributed by atoms with Crippen molar-refractivity contribution in [3.05, 3.63) is 40.7 Å². The van der Waals surface area contributed by atoms with Crippen LogP contribution in [-0.4, -0.2) is 49.4 Å². The van der Waals surface area contributed by atoms with Crippen molar-refractivity contribution in [2.24, 2.45) is 4.99 Å². The van der Waals surface area contributed by atoms with Crippen molar-refractivity contribution in [3.63, 3.8) is 0 Å². The maximum atomic E-state index is 14.4. The van der Waals surface area contributed by atoms with Crippen LogP contribution in [0, 0.1) is 5.82 Å². The second-order valence-electron chi connectivity index (χ2n) is 10.6. The minimum atomic E-state index is -1.65. The van der Waals surface area contributed by atoms with Crippen LogP contribution in [0.3, 0.4) is 0 Å². The molecule has 4 rings (SSSR count). The Balaban J connectivity index is 1.51. The molecule has 0 atom stereocenters. The molecule has 3 aliphatic rings. The van der Waals surface area contributed by atoms with Crippen molar-refractivity contribution in [2.75, 3.05) is 18.4 Å². The normalized spacial score (nSPS) is 20.7. The predicted molar refractivity (Wildman–Crippen MR) is 128 cm³/mol. The second kappa shape index (κ2) is 7.54. The smallest absolute Gasteiger partial charge is 0.311 e. The number of nitrogens with zero attached hydrogens (tertiary/aromatic N) is 2. The minimum absolute atomic E-state index is 0.0730. The van der Waals surface area contributed by atoms with Crippen LogP contribution >= 0.6 is 0 Å². The number of aliphatic imine (C=N–C) groups is 1. The highest BCUT2D eigenvalue weighted by atomic mass is 28.3. The summed E-state index contributed by atoms with van der Waals surface area (Å²) in [5.41, 5.74) is 2.35. The Hall–Kier alpha value is -2.48.